The van der Waals surface area contributed by atoms with E-state index in [2.05, 4.69) is 21.0 Å². The average molecular weight is 323 g/mol. The highest BCUT2D eigenvalue weighted by Gasteiger charge is 2.11. The molecule has 4 nitrogen and oxygen atoms in total. The fraction of sp³-hybridized carbons (Fsp3) is 0.286. The van der Waals surface area contributed by atoms with Gasteiger partial charge in [0.1, 0.15) is 0 Å². The zero-order valence-corrected chi connectivity index (χ0v) is 12.4. The molecule has 100 valence electrons. The summed E-state index contributed by atoms with van der Waals surface area (Å²) in [5.41, 5.74) is 4.10. The first kappa shape index (κ1) is 13.8. The zero-order valence-electron chi connectivity index (χ0n) is 10.9. The highest BCUT2D eigenvalue weighted by molar-refractivity contribution is 9.10. The number of halogens is 1. The van der Waals surface area contributed by atoms with E-state index in [4.69, 9.17) is 5.11 Å². The number of carboxylic acid groups (broad SMARTS) is 1. The third-order valence-corrected chi connectivity index (χ3v) is 3.60. The highest BCUT2D eigenvalue weighted by Crippen LogP contribution is 2.21. The summed E-state index contributed by atoms with van der Waals surface area (Å²) in [7, 11) is 0. The van der Waals surface area contributed by atoms with E-state index in [1.54, 1.807) is 6.20 Å². The molecule has 0 fully saturated rings. The normalized spacial score (nSPS) is 10.7. The predicted octanol–water partition coefficient (Wildman–Crippen LogP) is 3.27. The lowest BCUT2D eigenvalue weighted by molar-refractivity contribution is -0.136. The van der Waals surface area contributed by atoms with E-state index in [1.807, 2.05) is 36.7 Å². The van der Waals surface area contributed by atoms with Crippen molar-refractivity contribution in [3.05, 3.63) is 45.7 Å². The molecule has 2 rings (SSSR count). The fourth-order valence-corrected chi connectivity index (χ4v) is 2.51. The maximum atomic E-state index is 10.6. The van der Waals surface area contributed by atoms with Crippen molar-refractivity contribution in [3.8, 4) is 5.69 Å². The number of carboxylic acids is 1. The summed E-state index contributed by atoms with van der Waals surface area (Å²) < 4.78 is 2.89. The number of aliphatic carboxylic acids is 1. The van der Waals surface area contributed by atoms with Crippen LogP contribution in [0.2, 0.25) is 0 Å². The molecule has 0 spiro atoms. The molecule has 1 N–H and O–H groups in total. The van der Waals surface area contributed by atoms with Gasteiger partial charge < -0.3 is 5.11 Å². The monoisotopic (exact) mass is 322 g/mol. The van der Waals surface area contributed by atoms with Crippen LogP contribution in [-0.4, -0.2) is 20.9 Å². The van der Waals surface area contributed by atoms with Crippen molar-refractivity contribution in [2.24, 2.45) is 0 Å². The molecule has 1 heterocycles. The van der Waals surface area contributed by atoms with E-state index in [0.717, 1.165) is 27.0 Å². The lowest BCUT2D eigenvalue weighted by Gasteiger charge is -2.09. The van der Waals surface area contributed by atoms with Gasteiger partial charge >= 0.3 is 5.97 Å². The lowest BCUT2D eigenvalue weighted by Crippen LogP contribution is -2.03. The SMILES string of the molecule is Cc1cc(Br)ccc1-n1ncc(CCC(=O)O)c1C. The molecule has 0 atom stereocenters. The van der Waals surface area contributed by atoms with Crippen molar-refractivity contribution in [2.75, 3.05) is 0 Å². The first-order valence-corrected chi connectivity index (χ1v) is 6.80. The van der Waals surface area contributed by atoms with E-state index < -0.39 is 5.97 Å². The average Bonchev–Trinajstić information content (AvgIpc) is 2.68. The van der Waals surface area contributed by atoms with Crippen molar-refractivity contribution in [3.63, 3.8) is 0 Å². The van der Waals surface area contributed by atoms with Crippen molar-refractivity contribution < 1.29 is 9.90 Å². The Balaban J connectivity index is 2.33. The number of benzene rings is 1. The van der Waals surface area contributed by atoms with Gasteiger partial charge in [-0.25, -0.2) is 4.68 Å². The van der Waals surface area contributed by atoms with Crippen LogP contribution in [0.15, 0.2) is 28.9 Å². The number of aryl methyl sites for hydroxylation is 2. The number of rotatable bonds is 4. The Morgan fingerprint density at radius 2 is 2.16 bits per heavy atom. The molecule has 1 aromatic heterocycles. The molecule has 0 unspecified atom stereocenters. The van der Waals surface area contributed by atoms with Crippen LogP contribution in [0.3, 0.4) is 0 Å². The maximum Gasteiger partial charge on any atom is 0.303 e. The third kappa shape index (κ3) is 3.04. The Kier molecular flexibility index (Phi) is 4.04. The smallest absolute Gasteiger partial charge is 0.303 e. The molecule has 0 aliphatic rings. The van der Waals surface area contributed by atoms with Gasteiger partial charge in [0.2, 0.25) is 0 Å². The molecule has 2 aromatic rings. The van der Waals surface area contributed by atoms with Gasteiger partial charge in [-0.1, -0.05) is 15.9 Å². The highest BCUT2D eigenvalue weighted by atomic mass is 79.9. The molecule has 1 aromatic carbocycles. The minimum absolute atomic E-state index is 0.131. The van der Waals surface area contributed by atoms with Crippen LogP contribution in [0.25, 0.3) is 5.69 Å². The fourth-order valence-electron chi connectivity index (χ4n) is 2.03. The lowest BCUT2D eigenvalue weighted by atomic mass is 10.1. The molecule has 19 heavy (non-hydrogen) atoms. The van der Waals surface area contributed by atoms with E-state index in [1.165, 1.54) is 0 Å². The Bertz CT molecular complexity index is 620. The van der Waals surface area contributed by atoms with Crippen LogP contribution >= 0.6 is 15.9 Å². The molecule has 0 aliphatic carbocycles. The van der Waals surface area contributed by atoms with Crippen LogP contribution in [-0.2, 0) is 11.2 Å². The van der Waals surface area contributed by atoms with Crippen molar-refractivity contribution >= 4 is 21.9 Å². The standard InChI is InChI=1S/C14H15BrN2O2/c1-9-7-12(15)4-5-13(9)17-10(2)11(8-16-17)3-6-14(18)19/h4-5,7-8H,3,6H2,1-2H3,(H,18,19). The van der Waals surface area contributed by atoms with Gasteiger partial charge in [0, 0.05) is 16.6 Å². The van der Waals surface area contributed by atoms with Gasteiger partial charge in [-0.15, -0.1) is 0 Å². The van der Waals surface area contributed by atoms with Gasteiger partial charge in [0.25, 0.3) is 0 Å². The van der Waals surface area contributed by atoms with Crippen molar-refractivity contribution in [1.82, 2.24) is 9.78 Å². The first-order valence-electron chi connectivity index (χ1n) is 6.01. The molecule has 0 bridgehead atoms. The van der Waals surface area contributed by atoms with Gasteiger partial charge in [0.15, 0.2) is 0 Å². The summed E-state index contributed by atoms with van der Waals surface area (Å²) in [6, 6.07) is 6.01. The molecule has 0 radical (unpaired) electrons. The molecule has 5 heteroatoms. The van der Waals surface area contributed by atoms with Crippen LogP contribution in [0.1, 0.15) is 23.2 Å². The van der Waals surface area contributed by atoms with E-state index in [9.17, 15) is 4.79 Å². The van der Waals surface area contributed by atoms with Gasteiger partial charge in [-0.2, -0.15) is 5.10 Å². The maximum absolute atomic E-state index is 10.6. The summed E-state index contributed by atoms with van der Waals surface area (Å²) in [5, 5.41) is 13.1. The number of hydrogen-bond acceptors (Lipinski definition) is 2. The summed E-state index contributed by atoms with van der Waals surface area (Å²) in [5.74, 6) is -0.785. The zero-order chi connectivity index (χ0) is 14.0. The largest absolute Gasteiger partial charge is 0.481 e. The summed E-state index contributed by atoms with van der Waals surface area (Å²) in [6.07, 6.45) is 2.39. The van der Waals surface area contributed by atoms with Gasteiger partial charge in [-0.3, -0.25) is 4.79 Å². The van der Waals surface area contributed by atoms with E-state index in [0.29, 0.717) is 6.42 Å². The molecule has 0 aliphatic heterocycles. The first-order chi connectivity index (χ1) is 8.99. The number of aromatic nitrogens is 2. The van der Waals surface area contributed by atoms with E-state index in [-0.39, 0.29) is 6.42 Å². The summed E-state index contributed by atoms with van der Waals surface area (Å²) in [4.78, 5) is 10.6. The molecular formula is C14H15BrN2O2. The Hall–Kier alpha value is -1.62. The van der Waals surface area contributed by atoms with Crippen molar-refractivity contribution in [1.29, 1.82) is 0 Å². The Labute approximate surface area is 120 Å². The van der Waals surface area contributed by atoms with Crippen LogP contribution in [0.5, 0.6) is 0 Å². The van der Waals surface area contributed by atoms with Crippen LogP contribution in [0.4, 0.5) is 0 Å². The topological polar surface area (TPSA) is 55.1 Å². The van der Waals surface area contributed by atoms with Crippen molar-refractivity contribution in [2.45, 2.75) is 26.7 Å². The number of carbonyl (C=O) groups is 1. The van der Waals surface area contributed by atoms with E-state index >= 15 is 0 Å². The predicted molar refractivity (Wildman–Crippen MR) is 76.7 cm³/mol. The second kappa shape index (κ2) is 5.57. The molecule has 0 amide bonds. The third-order valence-electron chi connectivity index (χ3n) is 3.11. The van der Waals surface area contributed by atoms with Gasteiger partial charge in [-0.05, 0) is 49.6 Å². The molecule has 0 saturated carbocycles. The quantitative estimate of drug-likeness (QED) is 0.939. The summed E-state index contributed by atoms with van der Waals surface area (Å²) in [6.45, 7) is 3.99. The van der Waals surface area contributed by atoms with Crippen LogP contribution in [0, 0.1) is 13.8 Å². The summed E-state index contributed by atoms with van der Waals surface area (Å²) >= 11 is 3.44. The molecule has 0 saturated heterocycles. The van der Waals surface area contributed by atoms with Gasteiger partial charge in [0.05, 0.1) is 11.9 Å². The van der Waals surface area contributed by atoms with Crippen LogP contribution < -0.4 is 0 Å². The second-order valence-corrected chi connectivity index (χ2v) is 5.41. The second-order valence-electron chi connectivity index (χ2n) is 4.49. The minimum Gasteiger partial charge on any atom is -0.481 e. The Morgan fingerprint density at radius 3 is 2.79 bits per heavy atom. The Morgan fingerprint density at radius 1 is 1.42 bits per heavy atom. The number of hydrogen-bond donors (Lipinski definition) is 1. The minimum atomic E-state index is -0.785. The number of nitrogens with zero attached hydrogens (tertiary/aromatic N) is 2. The molecular weight excluding hydrogens is 308 g/mol.